The first kappa shape index (κ1) is 17.8. The zero-order valence-electron chi connectivity index (χ0n) is 14.6. The van der Waals surface area contributed by atoms with Gasteiger partial charge in [-0.05, 0) is 13.0 Å². The van der Waals surface area contributed by atoms with Gasteiger partial charge in [0.2, 0.25) is 11.8 Å². The van der Waals surface area contributed by atoms with E-state index in [4.69, 9.17) is 32.7 Å². The number of halogens is 2. The number of hydrogen-bond acceptors (Lipinski definition) is 7. The molecule has 1 saturated heterocycles. The van der Waals surface area contributed by atoms with Crippen LogP contribution in [0.3, 0.4) is 0 Å². The summed E-state index contributed by atoms with van der Waals surface area (Å²) in [5.41, 5.74) is 0.859. The Bertz CT molecular complexity index is 936. The largest absolute Gasteiger partial charge is 0.483 e. The molecular formula is C17H16Cl2N6O2. The van der Waals surface area contributed by atoms with E-state index < -0.39 is 0 Å². The standard InChI is InChI=1S/C17H16Cl2N6O2/c1-10-22-23-17(25(10)11-3-4-15(26-2)21-5-11)24-8-12(9-24)27-16-13(18)6-20-7-14(16)19/h3-7,12H,8-9H2,1-2H3. The van der Waals surface area contributed by atoms with Crippen LogP contribution in [0.25, 0.3) is 5.69 Å². The highest BCUT2D eigenvalue weighted by molar-refractivity contribution is 6.36. The van der Waals surface area contributed by atoms with Gasteiger partial charge in [-0.25, -0.2) is 4.98 Å². The molecule has 0 amide bonds. The quantitative estimate of drug-likeness (QED) is 0.644. The normalized spacial score (nSPS) is 14.1. The average molecular weight is 407 g/mol. The first-order chi connectivity index (χ1) is 13.1. The maximum atomic E-state index is 6.11. The molecule has 3 aromatic rings. The van der Waals surface area contributed by atoms with Crippen LogP contribution in [0.2, 0.25) is 10.0 Å². The lowest BCUT2D eigenvalue weighted by molar-refractivity contribution is 0.166. The number of hydrogen-bond donors (Lipinski definition) is 0. The summed E-state index contributed by atoms with van der Waals surface area (Å²) in [7, 11) is 1.58. The molecular weight excluding hydrogens is 391 g/mol. The van der Waals surface area contributed by atoms with E-state index in [-0.39, 0.29) is 6.10 Å². The SMILES string of the molecule is COc1ccc(-n2c(C)nnc2N2CC(Oc3c(Cl)cncc3Cl)C2)cn1. The van der Waals surface area contributed by atoms with E-state index in [1.807, 2.05) is 17.6 Å². The van der Waals surface area contributed by atoms with Gasteiger partial charge in [-0.15, -0.1) is 10.2 Å². The minimum absolute atomic E-state index is 0.0538. The molecule has 1 aliphatic rings. The highest BCUT2D eigenvalue weighted by Crippen LogP contribution is 2.34. The number of methoxy groups -OCH3 is 1. The van der Waals surface area contributed by atoms with Crippen LogP contribution in [-0.2, 0) is 0 Å². The maximum Gasteiger partial charge on any atom is 0.232 e. The summed E-state index contributed by atoms with van der Waals surface area (Å²) in [6.07, 6.45) is 4.69. The van der Waals surface area contributed by atoms with Crippen molar-refractivity contribution in [3.8, 4) is 17.3 Å². The highest BCUT2D eigenvalue weighted by Gasteiger charge is 2.33. The summed E-state index contributed by atoms with van der Waals surface area (Å²) in [6, 6.07) is 3.71. The lowest BCUT2D eigenvalue weighted by Crippen LogP contribution is -2.55. The number of nitrogens with zero attached hydrogens (tertiary/aromatic N) is 6. The Kier molecular flexibility index (Phi) is 4.75. The number of rotatable bonds is 5. The molecule has 0 N–H and O–H groups in total. The molecule has 0 unspecified atom stereocenters. The topological polar surface area (TPSA) is 78.2 Å². The fourth-order valence-electron chi connectivity index (χ4n) is 2.84. The predicted octanol–water partition coefficient (Wildman–Crippen LogP) is 2.95. The van der Waals surface area contributed by atoms with Crippen molar-refractivity contribution in [1.29, 1.82) is 0 Å². The van der Waals surface area contributed by atoms with Gasteiger partial charge in [0.25, 0.3) is 0 Å². The second kappa shape index (κ2) is 7.21. The van der Waals surface area contributed by atoms with Gasteiger partial charge >= 0.3 is 0 Å². The number of anilines is 1. The molecule has 0 aliphatic carbocycles. The van der Waals surface area contributed by atoms with Crippen LogP contribution in [0.15, 0.2) is 30.7 Å². The first-order valence-corrected chi connectivity index (χ1v) is 8.95. The number of aromatic nitrogens is 5. The molecule has 0 radical (unpaired) electrons. The smallest absolute Gasteiger partial charge is 0.232 e. The second-order valence-corrected chi connectivity index (χ2v) is 6.83. The Morgan fingerprint density at radius 2 is 1.81 bits per heavy atom. The molecule has 4 heterocycles. The van der Waals surface area contributed by atoms with Crippen molar-refractivity contribution in [2.45, 2.75) is 13.0 Å². The molecule has 140 valence electrons. The van der Waals surface area contributed by atoms with Gasteiger partial charge in [0.15, 0.2) is 5.75 Å². The van der Waals surface area contributed by atoms with Crippen molar-refractivity contribution in [2.24, 2.45) is 0 Å². The van der Waals surface area contributed by atoms with Crippen molar-refractivity contribution in [3.63, 3.8) is 0 Å². The molecule has 8 nitrogen and oxygen atoms in total. The van der Waals surface area contributed by atoms with Crippen molar-refractivity contribution < 1.29 is 9.47 Å². The van der Waals surface area contributed by atoms with Gasteiger partial charge in [-0.1, -0.05) is 23.2 Å². The summed E-state index contributed by atoms with van der Waals surface area (Å²) in [5, 5.41) is 9.28. The van der Waals surface area contributed by atoms with Gasteiger partial charge < -0.3 is 14.4 Å². The molecule has 0 bridgehead atoms. The van der Waals surface area contributed by atoms with Gasteiger partial charge in [0, 0.05) is 18.5 Å². The van der Waals surface area contributed by atoms with E-state index in [1.165, 1.54) is 12.4 Å². The molecule has 1 fully saturated rings. The van der Waals surface area contributed by atoms with E-state index in [0.29, 0.717) is 34.8 Å². The lowest BCUT2D eigenvalue weighted by Gasteiger charge is -2.39. The van der Waals surface area contributed by atoms with Crippen molar-refractivity contribution >= 4 is 29.2 Å². The van der Waals surface area contributed by atoms with Gasteiger partial charge in [0.1, 0.15) is 22.0 Å². The molecule has 0 aromatic carbocycles. The summed E-state index contributed by atoms with van der Waals surface area (Å²) in [6.45, 7) is 3.17. The lowest BCUT2D eigenvalue weighted by atomic mass is 10.2. The third-order valence-electron chi connectivity index (χ3n) is 4.22. The van der Waals surface area contributed by atoms with Gasteiger partial charge in [-0.3, -0.25) is 9.55 Å². The Morgan fingerprint density at radius 1 is 1.07 bits per heavy atom. The van der Waals surface area contributed by atoms with Crippen LogP contribution < -0.4 is 14.4 Å². The van der Waals surface area contributed by atoms with Crippen LogP contribution >= 0.6 is 23.2 Å². The molecule has 4 rings (SSSR count). The monoisotopic (exact) mass is 406 g/mol. The molecule has 0 atom stereocenters. The van der Waals surface area contributed by atoms with Crippen molar-refractivity contribution in [1.82, 2.24) is 24.7 Å². The zero-order chi connectivity index (χ0) is 19.0. The van der Waals surface area contributed by atoms with Crippen molar-refractivity contribution in [3.05, 3.63) is 46.6 Å². The van der Waals surface area contributed by atoms with Crippen molar-refractivity contribution in [2.75, 3.05) is 25.1 Å². The van der Waals surface area contributed by atoms with E-state index in [9.17, 15) is 0 Å². The van der Waals surface area contributed by atoms with E-state index >= 15 is 0 Å². The van der Waals surface area contributed by atoms with E-state index in [0.717, 1.165) is 17.5 Å². The summed E-state index contributed by atoms with van der Waals surface area (Å²) < 4.78 is 13.0. The van der Waals surface area contributed by atoms with Crippen LogP contribution in [0, 0.1) is 6.92 Å². The van der Waals surface area contributed by atoms with E-state index in [2.05, 4.69) is 25.1 Å². The fourth-order valence-corrected chi connectivity index (χ4v) is 3.29. The van der Waals surface area contributed by atoms with Crippen LogP contribution in [-0.4, -0.2) is 51.0 Å². The number of aryl methyl sites for hydroxylation is 1. The maximum absolute atomic E-state index is 6.11. The first-order valence-electron chi connectivity index (χ1n) is 8.20. The third-order valence-corrected chi connectivity index (χ3v) is 4.76. The average Bonchev–Trinajstić information content (AvgIpc) is 3.01. The predicted molar refractivity (Wildman–Crippen MR) is 101 cm³/mol. The molecule has 1 aliphatic heterocycles. The number of pyridine rings is 2. The third kappa shape index (κ3) is 3.38. The molecule has 0 saturated carbocycles. The van der Waals surface area contributed by atoms with Gasteiger partial charge in [-0.2, -0.15) is 0 Å². The Hall–Kier alpha value is -2.58. The fraction of sp³-hybridized carbons (Fsp3) is 0.294. The van der Waals surface area contributed by atoms with Crippen LogP contribution in [0.5, 0.6) is 11.6 Å². The minimum atomic E-state index is -0.0538. The Labute approximate surface area is 165 Å². The summed E-state index contributed by atoms with van der Waals surface area (Å²) in [4.78, 5) is 10.2. The minimum Gasteiger partial charge on any atom is -0.483 e. The van der Waals surface area contributed by atoms with Gasteiger partial charge in [0.05, 0.1) is 32.1 Å². The zero-order valence-corrected chi connectivity index (χ0v) is 16.1. The second-order valence-electron chi connectivity index (χ2n) is 6.02. The molecule has 10 heteroatoms. The Balaban J connectivity index is 1.50. The summed E-state index contributed by atoms with van der Waals surface area (Å²) in [5.74, 6) is 2.50. The highest BCUT2D eigenvalue weighted by atomic mass is 35.5. The molecule has 0 spiro atoms. The summed E-state index contributed by atoms with van der Waals surface area (Å²) >= 11 is 12.2. The Morgan fingerprint density at radius 3 is 2.44 bits per heavy atom. The molecule has 27 heavy (non-hydrogen) atoms. The van der Waals surface area contributed by atoms with Crippen LogP contribution in [0.1, 0.15) is 5.82 Å². The molecule has 3 aromatic heterocycles. The van der Waals surface area contributed by atoms with Crippen LogP contribution in [0.4, 0.5) is 5.95 Å². The van der Waals surface area contributed by atoms with E-state index in [1.54, 1.807) is 19.4 Å². The number of ether oxygens (including phenoxy) is 2.